The summed E-state index contributed by atoms with van der Waals surface area (Å²) in [7, 11) is -3.79. The molecular formula is C16H20N2O4S. The topological polar surface area (TPSA) is 95.5 Å². The lowest BCUT2D eigenvalue weighted by molar-refractivity contribution is -0.122. The monoisotopic (exact) mass is 336 g/mol. The Morgan fingerprint density at radius 1 is 1.17 bits per heavy atom. The standard InChI is InChI=1S/C16H20N2O4S/c1-12(16(20)17-9-4-10-19)18-23(21,22)15-8-7-13-5-2-3-6-14(13)11-15/h2-3,5-8,11-12,18-19H,4,9-10H2,1H3,(H,17,20)/t12-/m0/s1. The summed E-state index contributed by atoms with van der Waals surface area (Å²) in [6.45, 7) is 1.75. The van der Waals surface area contributed by atoms with E-state index in [9.17, 15) is 13.2 Å². The summed E-state index contributed by atoms with van der Waals surface area (Å²) in [4.78, 5) is 11.9. The molecule has 0 unspecified atom stereocenters. The molecule has 0 aliphatic heterocycles. The SMILES string of the molecule is C[C@H](NS(=O)(=O)c1ccc2ccccc2c1)C(=O)NCCCO. The first-order chi connectivity index (χ1) is 10.9. The number of aliphatic hydroxyl groups is 1. The van der Waals surface area contributed by atoms with Crippen LogP contribution in [-0.2, 0) is 14.8 Å². The predicted octanol–water partition coefficient (Wildman–Crippen LogP) is 1.01. The Labute approximate surface area is 135 Å². The van der Waals surface area contributed by atoms with Crippen LogP contribution >= 0.6 is 0 Å². The van der Waals surface area contributed by atoms with Crippen LogP contribution in [0.25, 0.3) is 10.8 Å². The molecule has 0 aliphatic rings. The third-order valence-electron chi connectivity index (χ3n) is 3.39. The van der Waals surface area contributed by atoms with Gasteiger partial charge in [0.05, 0.1) is 10.9 Å². The smallest absolute Gasteiger partial charge is 0.241 e. The minimum Gasteiger partial charge on any atom is -0.396 e. The summed E-state index contributed by atoms with van der Waals surface area (Å²) in [6.07, 6.45) is 0.426. The molecule has 0 saturated carbocycles. The molecule has 0 bridgehead atoms. The van der Waals surface area contributed by atoms with E-state index in [1.54, 1.807) is 12.1 Å². The second-order valence-electron chi connectivity index (χ2n) is 5.22. The fraction of sp³-hybridized carbons (Fsp3) is 0.312. The molecule has 7 heteroatoms. The van der Waals surface area contributed by atoms with Gasteiger partial charge < -0.3 is 10.4 Å². The highest BCUT2D eigenvalue weighted by Crippen LogP contribution is 2.19. The number of rotatable bonds is 7. The lowest BCUT2D eigenvalue weighted by atomic mass is 10.1. The van der Waals surface area contributed by atoms with Crippen LogP contribution in [0.1, 0.15) is 13.3 Å². The van der Waals surface area contributed by atoms with Gasteiger partial charge in [-0.2, -0.15) is 4.72 Å². The zero-order valence-corrected chi connectivity index (χ0v) is 13.6. The van der Waals surface area contributed by atoms with Crippen molar-refractivity contribution in [2.75, 3.05) is 13.2 Å². The van der Waals surface area contributed by atoms with Crippen LogP contribution < -0.4 is 10.0 Å². The zero-order chi connectivity index (χ0) is 16.9. The van der Waals surface area contributed by atoms with Gasteiger partial charge in [0.25, 0.3) is 0 Å². The van der Waals surface area contributed by atoms with Crippen LogP contribution in [0, 0.1) is 0 Å². The van der Waals surface area contributed by atoms with Crippen molar-refractivity contribution in [3.8, 4) is 0 Å². The Kier molecular flexibility index (Phi) is 5.70. The van der Waals surface area contributed by atoms with Gasteiger partial charge in [0.2, 0.25) is 15.9 Å². The van der Waals surface area contributed by atoms with Crippen molar-refractivity contribution >= 4 is 26.7 Å². The summed E-state index contributed by atoms with van der Waals surface area (Å²) in [5, 5.41) is 13.0. The lowest BCUT2D eigenvalue weighted by Crippen LogP contribution is -2.45. The highest BCUT2D eigenvalue weighted by atomic mass is 32.2. The van der Waals surface area contributed by atoms with E-state index < -0.39 is 22.0 Å². The fourth-order valence-electron chi connectivity index (χ4n) is 2.13. The van der Waals surface area contributed by atoms with E-state index in [0.717, 1.165) is 10.8 Å². The second kappa shape index (κ2) is 7.54. The third-order valence-corrected chi connectivity index (χ3v) is 4.93. The molecule has 124 valence electrons. The van der Waals surface area contributed by atoms with Gasteiger partial charge >= 0.3 is 0 Å². The van der Waals surface area contributed by atoms with Crippen molar-refractivity contribution in [1.29, 1.82) is 0 Å². The molecule has 0 aromatic heterocycles. The van der Waals surface area contributed by atoms with Gasteiger partial charge in [-0.1, -0.05) is 30.3 Å². The third kappa shape index (κ3) is 4.51. The molecule has 0 spiro atoms. The number of fused-ring (bicyclic) bond motifs is 1. The molecular weight excluding hydrogens is 316 g/mol. The number of hydrogen-bond donors (Lipinski definition) is 3. The Morgan fingerprint density at radius 3 is 2.57 bits per heavy atom. The van der Waals surface area contributed by atoms with Crippen molar-refractivity contribution < 1.29 is 18.3 Å². The number of hydrogen-bond acceptors (Lipinski definition) is 4. The Morgan fingerprint density at radius 2 is 1.87 bits per heavy atom. The second-order valence-corrected chi connectivity index (χ2v) is 6.93. The molecule has 0 heterocycles. The highest BCUT2D eigenvalue weighted by Gasteiger charge is 2.21. The highest BCUT2D eigenvalue weighted by molar-refractivity contribution is 7.89. The van der Waals surface area contributed by atoms with Gasteiger partial charge in [-0.3, -0.25) is 4.79 Å². The van der Waals surface area contributed by atoms with Crippen molar-refractivity contribution in [3.05, 3.63) is 42.5 Å². The van der Waals surface area contributed by atoms with Crippen LogP contribution in [-0.4, -0.2) is 38.6 Å². The molecule has 0 radical (unpaired) electrons. The minimum atomic E-state index is -3.79. The van der Waals surface area contributed by atoms with Gasteiger partial charge in [0.1, 0.15) is 0 Å². The Hall–Kier alpha value is -1.96. The average molecular weight is 336 g/mol. The molecule has 1 atom stereocenters. The maximum absolute atomic E-state index is 12.4. The Balaban J connectivity index is 2.12. The van der Waals surface area contributed by atoms with Crippen molar-refractivity contribution in [3.63, 3.8) is 0 Å². The minimum absolute atomic E-state index is 0.0303. The van der Waals surface area contributed by atoms with E-state index in [1.807, 2.05) is 24.3 Å². The first-order valence-corrected chi connectivity index (χ1v) is 8.82. The molecule has 1 amide bonds. The number of carbonyl (C=O) groups is 1. The first-order valence-electron chi connectivity index (χ1n) is 7.34. The molecule has 0 fully saturated rings. The van der Waals surface area contributed by atoms with E-state index in [-0.39, 0.29) is 11.5 Å². The van der Waals surface area contributed by atoms with E-state index >= 15 is 0 Å². The van der Waals surface area contributed by atoms with Crippen LogP contribution in [0.5, 0.6) is 0 Å². The van der Waals surface area contributed by atoms with Gasteiger partial charge in [0.15, 0.2) is 0 Å². The number of aliphatic hydroxyl groups excluding tert-OH is 1. The molecule has 2 aromatic carbocycles. The molecule has 0 aliphatic carbocycles. The lowest BCUT2D eigenvalue weighted by Gasteiger charge is -2.14. The molecule has 6 nitrogen and oxygen atoms in total. The molecule has 2 rings (SSSR count). The normalized spacial score (nSPS) is 13.0. The largest absolute Gasteiger partial charge is 0.396 e. The van der Waals surface area contributed by atoms with E-state index in [0.29, 0.717) is 13.0 Å². The predicted molar refractivity (Wildman–Crippen MR) is 88.4 cm³/mol. The number of benzene rings is 2. The van der Waals surface area contributed by atoms with Gasteiger partial charge in [-0.15, -0.1) is 0 Å². The molecule has 2 aromatic rings. The van der Waals surface area contributed by atoms with Crippen LogP contribution in [0.2, 0.25) is 0 Å². The number of amides is 1. The number of carbonyl (C=O) groups excluding carboxylic acids is 1. The summed E-state index contributed by atoms with van der Waals surface area (Å²) in [5.41, 5.74) is 0. The van der Waals surface area contributed by atoms with Crippen LogP contribution in [0.15, 0.2) is 47.4 Å². The van der Waals surface area contributed by atoms with E-state index in [2.05, 4.69) is 10.0 Å². The maximum Gasteiger partial charge on any atom is 0.241 e. The maximum atomic E-state index is 12.4. The summed E-state index contributed by atoms with van der Waals surface area (Å²) < 4.78 is 27.1. The Bertz CT molecular complexity index is 790. The average Bonchev–Trinajstić information content (AvgIpc) is 2.54. The quantitative estimate of drug-likeness (QED) is 0.658. The number of sulfonamides is 1. The van der Waals surface area contributed by atoms with Crippen molar-refractivity contribution in [1.82, 2.24) is 10.0 Å². The van der Waals surface area contributed by atoms with Crippen molar-refractivity contribution in [2.24, 2.45) is 0 Å². The van der Waals surface area contributed by atoms with Gasteiger partial charge in [0, 0.05) is 13.2 Å². The summed E-state index contributed by atoms with van der Waals surface area (Å²) >= 11 is 0. The summed E-state index contributed by atoms with van der Waals surface area (Å²) in [6, 6.07) is 11.4. The zero-order valence-electron chi connectivity index (χ0n) is 12.8. The van der Waals surface area contributed by atoms with Crippen LogP contribution in [0.3, 0.4) is 0 Å². The first kappa shape index (κ1) is 17.4. The van der Waals surface area contributed by atoms with Crippen LogP contribution in [0.4, 0.5) is 0 Å². The molecule has 23 heavy (non-hydrogen) atoms. The van der Waals surface area contributed by atoms with E-state index in [1.165, 1.54) is 13.0 Å². The van der Waals surface area contributed by atoms with Crippen molar-refractivity contribution in [2.45, 2.75) is 24.3 Å². The van der Waals surface area contributed by atoms with E-state index in [4.69, 9.17) is 5.11 Å². The molecule has 0 saturated heterocycles. The number of nitrogens with one attached hydrogen (secondary N) is 2. The fourth-order valence-corrected chi connectivity index (χ4v) is 3.37. The van der Waals surface area contributed by atoms with Gasteiger partial charge in [-0.25, -0.2) is 8.42 Å². The molecule has 3 N–H and O–H groups in total. The summed E-state index contributed by atoms with van der Waals surface area (Å²) in [5.74, 6) is -0.428. The van der Waals surface area contributed by atoms with Gasteiger partial charge in [-0.05, 0) is 36.2 Å².